The zero-order valence-electron chi connectivity index (χ0n) is 12.5. The lowest BCUT2D eigenvalue weighted by Crippen LogP contribution is -2.21. The van der Waals surface area contributed by atoms with Gasteiger partial charge in [-0.3, -0.25) is 14.1 Å². The lowest BCUT2D eigenvalue weighted by atomic mass is 10.2. The Bertz CT molecular complexity index is 892. The van der Waals surface area contributed by atoms with Crippen LogP contribution < -0.4 is 5.56 Å². The molecule has 2 heterocycles. The van der Waals surface area contributed by atoms with Crippen LogP contribution in [0.3, 0.4) is 0 Å². The molecule has 0 saturated carbocycles. The fourth-order valence-corrected chi connectivity index (χ4v) is 2.87. The second-order valence-electron chi connectivity index (χ2n) is 5.46. The summed E-state index contributed by atoms with van der Waals surface area (Å²) in [5, 5.41) is 0.515. The van der Waals surface area contributed by atoms with E-state index in [0.29, 0.717) is 17.2 Å². The van der Waals surface area contributed by atoms with Gasteiger partial charge in [0.15, 0.2) is 0 Å². The molecule has 0 aliphatic rings. The zero-order valence-corrected chi connectivity index (χ0v) is 14.9. The van der Waals surface area contributed by atoms with Crippen LogP contribution in [0.15, 0.2) is 57.9 Å². The molecule has 0 aliphatic carbocycles. The van der Waals surface area contributed by atoms with Crippen molar-refractivity contribution < 1.29 is 0 Å². The van der Waals surface area contributed by atoms with Crippen molar-refractivity contribution in [3.05, 3.63) is 79.8 Å². The minimum atomic E-state index is -0.121. The highest BCUT2D eigenvalue weighted by Crippen LogP contribution is 2.13. The van der Waals surface area contributed by atoms with E-state index in [4.69, 9.17) is 11.6 Å². The highest BCUT2D eigenvalue weighted by Gasteiger charge is 2.07. The van der Waals surface area contributed by atoms with Crippen LogP contribution >= 0.6 is 27.5 Å². The minimum absolute atomic E-state index is 0.121. The fraction of sp³-hybridized carbons (Fsp3) is 0.176. The van der Waals surface area contributed by atoms with Gasteiger partial charge in [0.25, 0.3) is 5.56 Å². The third-order valence-electron chi connectivity index (χ3n) is 3.47. The fourth-order valence-electron chi connectivity index (χ4n) is 2.44. The molecule has 0 fully saturated rings. The summed E-state index contributed by atoms with van der Waals surface area (Å²) in [5.74, 6) is 0. The minimum Gasteiger partial charge on any atom is -0.296 e. The predicted molar refractivity (Wildman–Crippen MR) is 95.8 cm³/mol. The van der Waals surface area contributed by atoms with E-state index in [1.54, 1.807) is 24.4 Å². The largest absolute Gasteiger partial charge is 0.296 e. The molecule has 4 nitrogen and oxygen atoms in total. The van der Waals surface area contributed by atoms with E-state index in [1.807, 2.05) is 19.2 Å². The first-order chi connectivity index (χ1) is 11.0. The topological polar surface area (TPSA) is 37.6 Å². The molecule has 0 unspecified atom stereocenters. The molecule has 2 aromatic heterocycles. The van der Waals surface area contributed by atoms with Crippen LogP contribution in [0.4, 0.5) is 0 Å². The second-order valence-corrected chi connectivity index (χ2v) is 6.81. The first-order valence-electron chi connectivity index (χ1n) is 7.12. The molecule has 23 heavy (non-hydrogen) atoms. The van der Waals surface area contributed by atoms with E-state index >= 15 is 0 Å². The number of rotatable bonds is 4. The lowest BCUT2D eigenvalue weighted by Gasteiger charge is -2.16. The van der Waals surface area contributed by atoms with Crippen LogP contribution in [0.5, 0.6) is 0 Å². The van der Waals surface area contributed by atoms with Crippen molar-refractivity contribution >= 4 is 33.2 Å². The molecule has 0 spiro atoms. The van der Waals surface area contributed by atoms with Crippen LogP contribution in [0.1, 0.15) is 11.3 Å². The molecule has 0 aliphatic heterocycles. The summed E-state index contributed by atoms with van der Waals surface area (Å²) < 4.78 is 2.52. The van der Waals surface area contributed by atoms with Crippen molar-refractivity contribution in [1.82, 2.24) is 14.3 Å². The van der Waals surface area contributed by atoms with Crippen molar-refractivity contribution in [1.29, 1.82) is 0 Å². The molecule has 0 bridgehead atoms. The van der Waals surface area contributed by atoms with Gasteiger partial charge in [0.05, 0.1) is 10.7 Å². The van der Waals surface area contributed by atoms with E-state index in [9.17, 15) is 4.79 Å². The van der Waals surface area contributed by atoms with Gasteiger partial charge in [-0.1, -0.05) is 39.7 Å². The van der Waals surface area contributed by atoms with Crippen LogP contribution in [0.25, 0.3) is 5.65 Å². The van der Waals surface area contributed by atoms with Gasteiger partial charge >= 0.3 is 0 Å². The van der Waals surface area contributed by atoms with Gasteiger partial charge in [0.1, 0.15) is 5.65 Å². The molecule has 3 aromatic rings. The van der Waals surface area contributed by atoms with E-state index in [-0.39, 0.29) is 5.56 Å². The third-order valence-corrected chi connectivity index (χ3v) is 4.23. The third kappa shape index (κ3) is 3.99. The Balaban J connectivity index is 1.79. The molecule has 1 aromatic carbocycles. The summed E-state index contributed by atoms with van der Waals surface area (Å²) in [5.41, 5.74) is 2.44. The molecule has 0 atom stereocenters. The average Bonchev–Trinajstić information content (AvgIpc) is 2.50. The Kier molecular flexibility index (Phi) is 4.80. The number of hydrogen-bond donors (Lipinski definition) is 0. The van der Waals surface area contributed by atoms with Crippen molar-refractivity contribution in [2.45, 2.75) is 13.1 Å². The maximum absolute atomic E-state index is 12.2. The summed E-state index contributed by atoms with van der Waals surface area (Å²) >= 11 is 9.35. The quantitative estimate of drug-likeness (QED) is 0.679. The number of pyridine rings is 1. The Morgan fingerprint density at radius 3 is 2.65 bits per heavy atom. The number of hydrogen-bond acceptors (Lipinski definition) is 3. The number of nitrogens with zero attached hydrogens (tertiary/aromatic N) is 3. The summed E-state index contributed by atoms with van der Waals surface area (Å²) in [6.07, 6.45) is 1.58. The normalized spacial score (nSPS) is 11.3. The molecule has 118 valence electrons. The van der Waals surface area contributed by atoms with Crippen LogP contribution in [0, 0.1) is 0 Å². The van der Waals surface area contributed by atoms with Crippen LogP contribution in [-0.4, -0.2) is 21.3 Å². The lowest BCUT2D eigenvalue weighted by molar-refractivity contribution is 0.315. The van der Waals surface area contributed by atoms with Gasteiger partial charge in [-0.25, -0.2) is 4.98 Å². The predicted octanol–water partition coefficient (Wildman–Crippen LogP) is 3.74. The van der Waals surface area contributed by atoms with Gasteiger partial charge in [-0.05, 0) is 36.9 Å². The standard InChI is InChI=1S/C17H15BrClN3O/c1-21(9-12-2-4-13(18)5-3-12)11-15-8-17(23)22-10-14(19)6-7-16(22)20-15/h2-8,10H,9,11H2,1H3. The summed E-state index contributed by atoms with van der Waals surface area (Å²) in [6, 6.07) is 13.2. The van der Waals surface area contributed by atoms with Crippen molar-refractivity contribution in [3.8, 4) is 0 Å². The van der Waals surface area contributed by atoms with Crippen LogP contribution in [0.2, 0.25) is 5.02 Å². The second kappa shape index (κ2) is 6.83. The average molecular weight is 393 g/mol. The maximum Gasteiger partial charge on any atom is 0.258 e. The van der Waals surface area contributed by atoms with Crippen molar-refractivity contribution in [2.75, 3.05) is 7.05 Å². The molecule has 0 amide bonds. The van der Waals surface area contributed by atoms with E-state index < -0.39 is 0 Å². The molecule has 6 heteroatoms. The number of halogens is 2. The van der Waals surface area contributed by atoms with Gasteiger partial charge in [0.2, 0.25) is 0 Å². The molecule has 0 radical (unpaired) electrons. The van der Waals surface area contributed by atoms with Crippen molar-refractivity contribution in [2.24, 2.45) is 0 Å². The zero-order chi connectivity index (χ0) is 16.4. The summed E-state index contributed by atoms with van der Waals surface area (Å²) in [4.78, 5) is 18.8. The van der Waals surface area contributed by atoms with E-state index in [2.05, 4.69) is 37.9 Å². The van der Waals surface area contributed by atoms with Crippen molar-refractivity contribution in [3.63, 3.8) is 0 Å². The van der Waals surface area contributed by atoms with Gasteiger partial charge in [0, 0.05) is 29.8 Å². The number of fused-ring (bicyclic) bond motifs is 1. The Labute approximate surface area is 147 Å². The molecular weight excluding hydrogens is 378 g/mol. The van der Waals surface area contributed by atoms with E-state index in [0.717, 1.165) is 16.7 Å². The monoisotopic (exact) mass is 391 g/mol. The Hall–Kier alpha value is -1.69. The molecule has 3 rings (SSSR count). The highest BCUT2D eigenvalue weighted by atomic mass is 79.9. The van der Waals surface area contributed by atoms with E-state index in [1.165, 1.54) is 9.96 Å². The Morgan fingerprint density at radius 1 is 1.17 bits per heavy atom. The molecular formula is C17H15BrClN3O. The Morgan fingerprint density at radius 2 is 1.91 bits per heavy atom. The SMILES string of the molecule is CN(Cc1ccc(Br)cc1)Cc1cc(=O)n2cc(Cl)ccc2n1. The summed E-state index contributed by atoms with van der Waals surface area (Å²) in [7, 11) is 2.01. The van der Waals surface area contributed by atoms with Gasteiger partial charge < -0.3 is 0 Å². The van der Waals surface area contributed by atoms with Gasteiger partial charge in [-0.2, -0.15) is 0 Å². The van der Waals surface area contributed by atoms with Crippen LogP contribution in [-0.2, 0) is 13.1 Å². The molecule has 0 N–H and O–H groups in total. The number of aromatic nitrogens is 2. The number of benzene rings is 1. The van der Waals surface area contributed by atoms with Gasteiger partial charge in [-0.15, -0.1) is 0 Å². The summed E-state index contributed by atoms with van der Waals surface area (Å²) in [6.45, 7) is 1.39. The molecule has 0 saturated heterocycles. The highest BCUT2D eigenvalue weighted by molar-refractivity contribution is 9.10. The first-order valence-corrected chi connectivity index (χ1v) is 8.29. The first kappa shape index (κ1) is 16.2. The maximum atomic E-state index is 12.2. The smallest absolute Gasteiger partial charge is 0.258 e.